The third-order valence-electron chi connectivity index (χ3n) is 3.43. The average molecular weight is 407 g/mol. The van der Waals surface area contributed by atoms with E-state index in [1.54, 1.807) is 31.2 Å². The number of esters is 1. The van der Waals surface area contributed by atoms with E-state index in [0.29, 0.717) is 5.76 Å². The Bertz CT molecular complexity index is 937. The number of nitrogens with zero attached hydrogens (tertiary/aromatic N) is 1. The van der Waals surface area contributed by atoms with E-state index >= 15 is 0 Å². The number of hydrogen-bond acceptors (Lipinski definition) is 7. The van der Waals surface area contributed by atoms with Crippen LogP contribution in [0.5, 0.6) is 0 Å². The number of nitrogens with one attached hydrogen (secondary N) is 2. The summed E-state index contributed by atoms with van der Waals surface area (Å²) >= 11 is 0. The number of ether oxygens (including phenoxy) is 1. The SMILES string of the molecule is Cc1cc(NC(=O)[C@@H](C)OC(=O)CCNS(=O)(=O)/C=C/c2ccccc2)no1. The van der Waals surface area contributed by atoms with Crippen molar-refractivity contribution < 1.29 is 27.3 Å². The Morgan fingerprint density at radius 3 is 2.64 bits per heavy atom. The number of hydrogen-bond donors (Lipinski definition) is 2. The second-order valence-corrected chi connectivity index (χ2v) is 7.50. The summed E-state index contributed by atoms with van der Waals surface area (Å²) in [6.45, 7) is 2.91. The zero-order valence-electron chi connectivity index (χ0n) is 15.4. The normalized spacial score (nSPS) is 12.6. The number of sulfonamides is 1. The molecule has 0 spiro atoms. The van der Waals surface area contributed by atoms with E-state index in [4.69, 9.17) is 9.26 Å². The van der Waals surface area contributed by atoms with Crippen molar-refractivity contribution in [2.75, 3.05) is 11.9 Å². The predicted molar refractivity (Wildman–Crippen MR) is 102 cm³/mol. The van der Waals surface area contributed by atoms with Crippen LogP contribution in [0, 0.1) is 6.92 Å². The van der Waals surface area contributed by atoms with Gasteiger partial charge in [-0.1, -0.05) is 35.5 Å². The summed E-state index contributed by atoms with van der Waals surface area (Å²) in [5.41, 5.74) is 0.731. The number of aromatic nitrogens is 1. The highest BCUT2D eigenvalue weighted by molar-refractivity contribution is 7.92. The molecule has 9 nitrogen and oxygen atoms in total. The van der Waals surface area contributed by atoms with Crippen molar-refractivity contribution in [1.29, 1.82) is 0 Å². The van der Waals surface area contributed by atoms with Crippen LogP contribution in [-0.2, 0) is 24.3 Å². The molecule has 1 atom stereocenters. The Morgan fingerprint density at radius 1 is 1.29 bits per heavy atom. The van der Waals surface area contributed by atoms with Crippen molar-refractivity contribution in [1.82, 2.24) is 9.88 Å². The highest BCUT2D eigenvalue weighted by Gasteiger charge is 2.19. The number of amides is 1. The third-order valence-corrected chi connectivity index (χ3v) is 4.53. The number of aryl methyl sites for hydroxylation is 1. The van der Waals surface area contributed by atoms with Gasteiger partial charge in [-0.2, -0.15) is 0 Å². The second kappa shape index (κ2) is 9.81. The molecule has 2 N–H and O–H groups in total. The molecule has 150 valence electrons. The van der Waals surface area contributed by atoms with Crippen LogP contribution < -0.4 is 10.0 Å². The lowest BCUT2D eigenvalue weighted by Crippen LogP contribution is -2.31. The molecule has 2 rings (SSSR count). The van der Waals surface area contributed by atoms with Gasteiger partial charge in [-0.3, -0.25) is 9.59 Å². The number of rotatable bonds is 9. The van der Waals surface area contributed by atoms with Crippen molar-refractivity contribution in [3.8, 4) is 0 Å². The Hall–Kier alpha value is -2.98. The first-order valence-corrected chi connectivity index (χ1v) is 9.96. The minimum Gasteiger partial charge on any atom is -0.452 e. The zero-order chi connectivity index (χ0) is 20.6. The van der Waals surface area contributed by atoms with Crippen molar-refractivity contribution in [3.63, 3.8) is 0 Å². The van der Waals surface area contributed by atoms with Crippen LogP contribution in [0.2, 0.25) is 0 Å². The van der Waals surface area contributed by atoms with Crippen LogP contribution in [0.3, 0.4) is 0 Å². The second-order valence-electron chi connectivity index (χ2n) is 5.85. The molecule has 1 aromatic carbocycles. The minimum absolute atomic E-state index is 0.156. The van der Waals surface area contributed by atoms with Crippen molar-refractivity contribution >= 4 is 33.8 Å². The van der Waals surface area contributed by atoms with E-state index in [2.05, 4.69) is 15.2 Å². The highest BCUT2D eigenvalue weighted by atomic mass is 32.2. The Kier molecular flexibility index (Phi) is 7.47. The minimum atomic E-state index is -3.69. The van der Waals surface area contributed by atoms with Gasteiger partial charge >= 0.3 is 5.97 Å². The maximum Gasteiger partial charge on any atom is 0.307 e. The number of anilines is 1. The van der Waals surface area contributed by atoms with Gasteiger partial charge in [-0.25, -0.2) is 13.1 Å². The Labute approximate surface area is 162 Å². The van der Waals surface area contributed by atoms with Gasteiger partial charge < -0.3 is 14.6 Å². The Balaban J connectivity index is 1.73. The zero-order valence-corrected chi connectivity index (χ0v) is 16.2. The summed E-state index contributed by atoms with van der Waals surface area (Å²) in [7, 11) is -3.69. The average Bonchev–Trinajstić information content (AvgIpc) is 3.05. The van der Waals surface area contributed by atoms with Crippen molar-refractivity contribution in [2.24, 2.45) is 0 Å². The molecular weight excluding hydrogens is 386 g/mol. The number of benzene rings is 1. The summed E-state index contributed by atoms with van der Waals surface area (Å²) in [6.07, 6.45) is 0.150. The predicted octanol–water partition coefficient (Wildman–Crippen LogP) is 1.83. The van der Waals surface area contributed by atoms with E-state index in [1.807, 2.05) is 6.07 Å². The molecule has 0 fully saturated rings. The lowest BCUT2D eigenvalue weighted by atomic mass is 10.2. The molecule has 0 bridgehead atoms. The third kappa shape index (κ3) is 7.33. The summed E-state index contributed by atoms with van der Waals surface area (Å²) < 4.78 is 35.8. The van der Waals surface area contributed by atoms with Gasteiger partial charge in [0.15, 0.2) is 11.9 Å². The van der Waals surface area contributed by atoms with Crippen LogP contribution in [0.25, 0.3) is 6.08 Å². The molecule has 1 aromatic heterocycles. The lowest BCUT2D eigenvalue weighted by Gasteiger charge is -2.12. The first-order chi connectivity index (χ1) is 13.2. The first kappa shape index (κ1) is 21.3. The molecule has 0 unspecified atom stereocenters. The number of carbonyl (C=O) groups excluding carboxylic acids is 2. The van der Waals surface area contributed by atoms with Crippen LogP contribution in [0.15, 0.2) is 46.3 Å². The van der Waals surface area contributed by atoms with Gasteiger partial charge in [0.25, 0.3) is 5.91 Å². The van der Waals surface area contributed by atoms with E-state index in [1.165, 1.54) is 19.1 Å². The summed E-state index contributed by atoms with van der Waals surface area (Å²) in [5.74, 6) is -0.557. The Morgan fingerprint density at radius 2 is 2.00 bits per heavy atom. The molecular formula is C18H21N3O6S. The molecule has 10 heteroatoms. The monoisotopic (exact) mass is 407 g/mol. The highest BCUT2D eigenvalue weighted by Crippen LogP contribution is 2.08. The van der Waals surface area contributed by atoms with Gasteiger partial charge in [-0.15, -0.1) is 0 Å². The van der Waals surface area contributed by atoms with E-state index in [0.717, 1.165) is 11.0 Å². The molecule has 0 saturated carbocycles. The summed E-state index contributed by atoms with van der Waals surface area (Å²) in [5, 5.41) is 7.06. The topological polar surface area (TPSA) is 128 Å². The molecule has 1 heterocycles. The molecule has 28 heavy (non-hydrogen) atoms. The maximum atomic E-state index is 11.9. The fourth-order valence-corrected chi connectivity index (χ4v) is 2.86. The van der Waals surface area contributed by atoms with Gasteiger partial charge in [0.05, 0.1) is 6.42 Å². The summed E-state index contributed by atoms with van der Waals surface area (Å²) in [6, 6.07) is 10.4. The standard InChI is InChI=1S/C18H21N3O6S/c1-13-12-16(21-27-13)20-18(23)14(2)26-17(22)8-10-19-28(24,25)11-9-15-6-4-3-5-7-15/h3-7,9,11-12,14,19H,8,10H2,1-2H3,(H,20,21,23)/b11-9+/t14-/m1/s1. The molecule has 1 amide bonds. The van der Waals surface area contributed by atoms with Gasteiger partial charge in [0.2, 0.25) is 10.0 Å². The van der Waals surface area contributed by atoms with Crippen LogP contribution in [-0.4, -0.2) is 38.1 Å². The van der Waals surface area contributed by atoms with Crippen molar-refractivity contribution in [2.45, 2.75) is 26.4 Å². The van der Waals surface area contributed by atoms with Gasteiger partial charge in [-0.05, 0) is 25.5 Å². The first-order valence-electron chi connectivity index (χ1n) is 8.41. The fraction of sp³-hybridized carbons (Fsp3) is 0.278. The van der Waals surface area contributed by atoms with Gasteiger partial charge in [0.1, 0.15) is 5.76 Å². The molecule has 0 aliphatic heterocycles. The molecule has 0 aliphatic carbocycles. The maximum absolute atomic E-state index is 11.9. The largest absolute Gasteiger partial charge is 0.452 e. The molecule has 0 radical (unpaired) electrons. The number of carbonyl (C=O) groups is 2. The van der Waals surface area contributed by atoms with Crippen LogP contribution in [0.1, 0.15) is 24.7 Å². The lowest BCUT2D eigenvalue weighted by molar-refractivity contribution is -0.152. The molecule has 2 aromatic rings. The van der Waals surface area contributed by atoms with Crippen LogP contribution >= 0.6 is 0 Å². The smallest absolute Gasteiger partial charge is 0.307 e. The van der Waals surface area contributed by atoms with E-state index in [-0.39, 0.29) is 18.8 Å². The quantitative estimate of drug-likeness (QED) is 0.607. The van der Waals surface area contributed by atoms with Crippen LogP contribution in [0.4, 0.5) is 5.82 Å². The van der Waals surface area contributed by atoms with E-state index < -0.39 is 28.0 Å². The van der Waals surface area contributed by atoms with Crippen molar-refractivity contribution in [3.05, 3.63) is 53.1 Å². The molecule has 0 aliphatic rings. The van der Waals surface area contributed by atoms with E-state index in [9.17, 15) is 18.0 Å². The fourth-order valence-electron chi connectivity index (χ4n) is 2.04. The summed E-state index contributed by atoms with van der Waals surface area (Å²) in [4.78, 5) is 23.7. The van der Waals surface area contributed by atoms with Gasteiger partial charge in [0, 0.05) is 18.0 Å². The molecule has 0 saturated heterocycles.